The maximum absolute atomic E-state index is 11.7. The highest BCUT2D eigenvalue weighted by molar-refractivity contribution is 6.13. The average molecular weight is 218 g/mol. The van der Waals surface area contributed by atoms with Gasteiger partial charge in [0.2, 0.25) is 0 Å². The van der Waals surface area contributed by atoms with E-state index in [-0.39, 0.29) is 0 Å². The van der Waals surface area contributed by atoms with Crippen LogP contribution in [0.5, 0.6) is 0 Å². The summed E-state index contributed by atoms with van der Waals surface area (Å²) in [6.07, 6.45) is 2.77. The molecule has 0 fully saturated rings. The number of cyclic esters (lactones) is 1. The third-order valence-electron chi connectivity index (χ3n) is 2.44. The van der Waals surface area contributed by atoms with Crippen LogP contribution < -0.4 is 0 Å². The molecule has 2 atom stereocenters. The van der Waals surface area contributed by atoms with Crippen molar-refractivity contribution in [2.24, 2.45) is 10.9 Å². The number of rotatable bonds is 1. The number of hydrogen-bond acceptors (Lipinski definition) is 5. The van der Waals surface area contributed by atoms with Gasteiger partial charge in [-0.1, -0.05) is 0 Å². The SMILES string of the molecule is COC1=C(C#N)C=CC2=NC(C)OC(=O)C21. The normalized spacial score (nSPS) is 27.8. The number of carbonyl (C=O) groups excluding carboxylic acids is 1. The van der Waals surface area contributed by atoms with E-state index in [0.717, 1.165) is 0 Å². The molecule has 0 spiro atoms. The molecule has 0 aromatic heterocycles. The lowest BCUT2D eigenvalue weighted by Gasteiger charge is -2.27. The second-order valence-corrected chi connectivity index (χ2v) is 3.45. The molecule has 5 heteroatoms. The Hall–Kier alpha value is -2.09. The van der Waals surface area contributed by atoms with Gasteiger partial charge in [0.25, 0.3) is 0 Å². The molecule has 0 aromatic rings. The maximum Gasteiger partial charge on any atom is 0.324 e. The van der Waals surface area contributed by atoms with E-state index in [1.807, 2.05) is 6.07 Å². The molecule has 1 aliphatic carbocycles. The molecule has 2 unspecified atom stereocenters. The van der Waals surface area contributed by atoms with Crippen molar-refractivity contribution in [2.75, 3.05) is 7.11 Å². The predicted octanol–water partition coefficient (Wildman–Crippen LogP) is 0.940. The van der Waals surface area contributed by atoms with Crippen molar-refractivity contribution in [2.45, 2.75) is 13.2 Å². The zero-order valence-electron chi connectivity index (χ0n) is 8.93. The predicted molar refractivity (Wildman–Crippen MR) is 55.3 cm³/mol. The summed E-state index contributed by atoms with van der Waals surface area (Å²) in [5.74, 6) is -0.812. The summed E-state index contributed by atoms with van der Waals surface area (Å²) in [5, 5.41) is 8.89. The van der Waals surface area contributed by atoms with Gasteiger partial charge in [0.1, 0.15) is 11.8 Å². The lowest BCUT2D eigenvalue weighted by atomic mass is 9.91. The van der Waals surface area contributed by atoms with E-state index < -0.39 is 18.1 Å². The van der Waals surface area contributed by atoms with Crippen LogP contribution >= 0.6 is 0 Å². The number of nitriles is 1. The average Bonchev–Trinajstić information content (AvgIpc) is 2.27. The summed E-state index contributed by atoms with van der Waals surface area (Å²) in [6.45, 7) is 1.69. The first-order valence-corrected chi connectivity index (χ1v) is 4.82. The molecule has 5 nitrogen and oxygen atoms in total. The number of carbonyl (C=O) groups is 1. The molecular formula is C11H10N2O3. The summed E-state index contributed by atoms with van der Waals surface area (Å²) in [4.78, 5) is 15.9. The van der Waals surface area contributed by atoms with E-state index in [1.165, 1.54) is 7.11 Å². The molecular weight excluding hydrogens is 208 g/mol. The molecule has 0 aromatic carbocycles. The fourth-order valence-corrected chi connectivity index (χ4v) is 1.77. The van der Waals surface area contributed by atoms with Gasteiger partial charge in [-0.15, -0.1) is 0 Å². The zero-order chi connectivity index (χ0) is 11.7. The summed E-state index contributed by atoms with van der Waals surface area (Å²) >= 11 is 0. The number of allylic oxidation sites excluding steroid dienone is 3. The van der Waals surface area contributed by atoms with Gasteiger partial charge < -0.3 is 9.47 Å². The van der Waals surface area contributed by atoms with Crippen molar-refractivity contribution in [1.29, 1.82) is 5.26 Å². The highest BCUT2D eigenvalue weighted by Crippen LogP contribution is 2.28. The zero-order valence-corrected chi connectivity index (χ0v) is 8.93. The molecule has 1 heterocycles. The Balaban J connectivity index is 2.51. The van der Waals surface area contributed by atoms with Gasteiger partial charge in [-0.25, -0.2) is 4.99 Å². The summed E-state index contributed by atoms with van der Waals surface area (Å²) < 4.78 is 10.1. The molecule has 0 bridgehead atoms. The van der Waals surface area contributed by atoms with Crippen molar-refractivity contribution in [1.82, 2.24) is 0 Å². The molecule has 0 saturated heterocycles. The van der Waals surface area contributed by atoms with Crippen LogP contribution in [0.25, 0.3) is 0 Å². The minimum Gasteiger partial charge on any atom is -0.498 e. The summed E-state index contributed by atoms with van der Waals surface area (Å²) in [7, 11) is 1.43. The monoisotopic (exact) mass is 218 g/mol. The highest BCUT2D eigenvalue weighted by atomic mass is 16.6. The van der Waals surface area contributed by atoms with Crippen molar-refractivity contribution < 1.29 is 14.3 Å². The van der Waals surface area contributed by atoms with Crippen LogP contribution in [-0.4, -0.2) is 25.0 Å². The largest absolute Gasteiger partial charge is 0.498 e. The van der Waals surface area contributed by atoms with E-state index in [0.29, 0.717) is 17.0 Å². The first-order valence-electron chi connectivity index (χ1n) is 4.82. The van der Waals surface area contributed by atoms with Crippen LogP contribution in [0.4, 0.5) is 0 Å². The third kappa shape index (κ3) is 1.48. The quantitative estimate of drug-likeness (QED) is 0.614. The maximum atomic E-state index is 11.7. The van der Waals surface area contributed by atoms with Gasteiger partial charge in [0, 0.05) is 0 Å². The number of ether oxygens (including phenoxy) is 2. The Kier molecular flexibility index (Phi) is 2.49. The number of hydrogen-bond donors (Lipinski definition) is 0. The molecule has 2 aliphatic rings. The van der Waals surface area contributed by atoms with E-state index in [4.69, 9.17) is 14.7 Å². The van der Waals surface area contributed by atoms with E-state index >= 15 is 0 Å². The Morgan fingerprint density at radius 2 is 2.31 bits per heavy atom. The van der Waals surface area contributed by atoms with E-state index in [1.54, 1.807) is 19.1 Å². The van der Waals surface area contributed by atoms with Gasteiger partial charge in [-0.05, 0) is 19.1 Å². The molecule has 16 heavy (non-hydrogen) atoms. The number of aliphatic imine (C=N–C) groups is 1. The molecule has 0 amide bonds. The van der Waals surface area contributed by atoms with Crippen LogP contribution in [0, 0.1) is 17.2 Å². The Labute approximate surface area is 92.7 Å². The van der Waals surface area contributed by atoms with Gasteiger partial charge in [0.05, 0.1) is 18.4 Å². The second-order valence-electron chi connectivity index (χ2n) is 3.45. The topological polar surface area (TPSA) is 71.7 Å². The smallest absolute Gasteiger partial charge is 0.324 e. The molecule has 2 rings (SSSR count). The van der Waals surface area contributed by atoms with E-state index in [9.17, 15) is 4.79 Å². The van der Waals surface area contributed by atoms with Crippen molar-refractivity contribution >= 4 is 11.7 Å². The molecule has 82 valence electrons. The minimum atomic E-state index is -0.694. The molecule has 0 radical (unpaired) electrons. The van der Waals surface area contributed by atoms with Crippen LogP contribution in [0.2, 0.25) is 0 Å². The van der Waals surface area contributed by atoms with Gasteiger partial charge >= 0.3 is 5.97 Å². The number of fused-ring (bicyclic) bond motifs is 1. The minimum absolute atomic E-state index is 0.306. The standard InChI is InChI=1S/C11H10N2O3/c1-6-13-8-4-3-7(5-12)10(15-2)9(8)11(14)16-6/h3-4,6,9H,1-2H3. The fraction of sp³-hybridized carbons (Fsp3) is 0.364. The van der Waals surface area contributed by atoms with Crippen molar-refractivity contribution in [3.8, 4) is 6.07 Å². The van der Waals surface area contributed by atoms with Crippen molar-refractivity contribution in [3.63, 3.8) is 0 Å². The Morgan fingerprint density at radius 3 is 2.94 bits per heavy atom. The first kappa shape index (κ1) is 10.4. The number of methoxy groups -OCH3 is 1. The van der Waals surface area contributed by atoms with Crippen LogP contribution in [-0.2, 0) is 14.3 Å². The first-order chi connectivity index (χ1) is 7.67. The second kappa shape index (κ2) is 3.81. The van der Waals surface area contributed by atoms with Crippen LogP contribution in [0.1, 0.15) is 6.92 Å². The molecule has 1 aliphatic heterocycles. The third-order valence-corrected chi connectivity index (χ3v) is 2.44. The van der Waals surface area contributed by atoms with Crippen molar-refractivity contribution in [3.05, 3.63) is 23.5 Å². The lowest BCUT2D eigenvalue weighted by molar-refractivity contribution is -0.151. The number of esters is 1. The fourth-order valence-electron chi connectivity index (χ4n) is 1.77. The number of nitrogens with zero attached hydrogens (tertiary/aromatic N) is 2. The summed E-state index contributed by atoms with van der Waals surface area (Å²) in [5.41, 5.74) is 0.914. The van der Waals surface area contributed by atoms with Crippen LogP contribution in [0.3, 0.4) is 0 Å². The molecule has 0 N–H and O–H groups in total. The lowest BCUT2D eigenvalue weighted by Crippen LogP contribution is -2.37. The van der Waals surface area contributed by atoms with Gasteiger partial charge in [-0.3, -0.25) is 4.79 Å². The highest BCUT2D eigenvalue weighted by Gasteiger charge is 2.38. The molecule has 0 saturated carbocycles. The Morgan fingerprint density at radius 1 is 1.56 bits per heavy atom. The van der Waals surface area contributed by atoms with Crippen LogP contribution in [0.15, 0.2) is 28.5 Å². The summed E-state index contributed by atoms with van der Waals surface area (Å²) in [6, 6.07) is 1.97. The van der Waals surface area contributed by atoms with Gasteiger partial charge in [0.15, 0.2) is 12.1 Å². The van der Waals surface area contributed by atoms with E-state index in [2.05, 4.69) is 4.99 Å². The van der Waals surface area contributed by atoms with Gasteiger partial charge in [-0.2, -0.15) is 5.26 Å². The Bertz CT molecular complexity index is 468.